The maximum absolute atomic E-state index is 12.6. The third-order valence-electron chi connectivity index (χ3n) is 5.24. The van der Waals surface area contributed by atoms with Gasteiger partial charge in [0.2, 0.25) is 0 Å². The molecular weight excluding hydrogens is 396 g/mol. The van der Waals surface area contributed by atoms with Crippen LogP contribution in [0.5, 0.6) is 5.95 Å². The summed E-state index contributed by atoms with van der Waals surface area (Å²) in [6.07, 6.45) is -4.15. The average molecular weight is 420 g/mol. The van der Waals surface area contributed by atoms with Crippen molar-refractivity contribution < 1.29 is 42.4 Å². The largest absolute Gasteiger partial charge is 0.516 e. The van der Waals surface area contributed by atoms with Gasteiger partial charge in [-0.05, 0) is 33.8 Å². The summed E-state index contributed by atoms with van der Waals surface area (Å²) in [7, 11) is 0. The first kappa shape index (κ1) is 19.8. The third-order valence-corrected chi connectivity index (χ3v) is 5.24. The molecule has 3 aliphatic rings. The molecule has 0 spiro atoms. The van der Waals surface area contributed by atoms with E-state index in [2.05, 4.69) is 0 Å². The van der Waals surface area contributed by atoms with Crippen molar-refractivity contribution in [3.05, 3.63) is 30.3 Å². The minimum atomic E-state index is -0.931. The number of fused-ring (bicyclic) bond motifs is 2. The summed E-state index contributed by atoms with van der Waals surface area (Å²) in [5.41, 5.74) is 0.607. The summed E-state index contributed by atoms with van der Waals surface area (Å²) < 4.78 is 45.7. The number of benzene rings is 1. The fourth-order valence-corrected chi connectivity index (χ4v) is 4.04. The van der Waals surface area contributed by atoms with Crippen LogP contribution in [0.1, 0.15) is 27.7 Å². The topological polar surface area (TPSA) is 94.8 Å². The van der Waals surface area contributed by atoms with Crippen molar-refractivity contribution in [3.63, 3.8) is 0 Å². The lowest BCUT2D eigenvalue weighted by Crippen LogP contribution is -2.45. The Morgan fingerprint density at radius 2 is 1.83 bits per heavy atom. The van der Waals surface area contributed by atoms with Gasteiger partial charge in [0.1, 0.15) is 17.8 Å². The summed E-state index contributed by atoms with van der Waals surface area (Å²) in [5.74, 6) is -1.58. The highest BCUT2D eigenvalue weighted by molar-refractivity contribution is 5.79. The molecule has 0 N–H and O–H groups in total. The van der Waals surface area contributed by atoms with Crippen LogP contribution in [0, 0.1) is 0 Å². The number of rotatable bonds is 3. The maximum atomic E-state index is 12.6. The first-order valence-corrected chi connectivity index (χ1v) is 9.89. The molecule has 162 valence electrons. The maximum Gasteiger partial charge on any atom is 0.516 e. The standard InChI is InChI=1S/C21H24O9/c1-20(2)23-10-13(28-20)15-16(17-18(26-15)30-21(3,4)29-17)27-19(22)25-14-9-11-7-5-6-8-12(11)24-14/h5-9,13,15-18H,10H2,1-4H3/t13-,15-,16+,17-,18-/m1/s1. The molecule has 3 aliphatic heterocycles. The van der Waals surface area contributed by atoms with Gasteiger partial charge in [-0.2, -0.15) is 0 Å². The molecular formula is C21H24O9. The van der Waals surface area contributed by atoms with E-state index < -0.39 is 48.4 Å². The lowest BCUT2D eigenvalue weighted by atomic mass is 10.1. The van der Waals surface area contributed by atoms with Gasteiger partial charge in [-0.3, -0.25) is 0 Å². The van der Waals surface area contributed by atoms with Crippen LogP contribution in [-0.4, -0.2) is 55.0 Å². The second-order valence-electron chi connectivity index (χ2n) is 8.47. The summed E-state index contributed by atoms with van der Waals surface area (Å²) in [6.45, 7) is 7.45. The first-order chi connectivity index (χ1) is 14.2. The zero-order valence-electron chi connectivity index (χ0n) is 17.2. The van der Waals surface area contributed by atoms with Gasteiger partial charge in [0.25, 0.3) is 5.95 Å². The van der Waals surface area contributed by atoms with Gasteiger partial charge in [0, 0.05) is 11.5 Å². The Balaban J connectivity index is 1.32. The fraction of sp³-hybridized carbons (Fsp3) is 0.571. The smallest absolute Gasteiger partial charge is 0.425 e. The number of furan rings is 1. The number of ether oxygens (including phenoxy) is 7. The van der Waals surface area contributed by atoms with Crippen molar-refractivity contribution >= 4 is 17.1 Å². The molecule has 9 heteroatoms. The van der Waals surface area contributed by atoms with Gasteiger partial charge >= 0.3 is 6.16 Å². The molecule has 0 aliphatic carbocycles. The Morgan fingerprint density at radius 1 is 1.03 bits per heavy atom. The molecule has 5 rings (SSSR count). The van der Waals surface area contributed by atoms with Crippen LogP contribution in [0.4, 0.5) is 4.79 Å². The zero-order chi connectivity index (χ0) is 21.1. The highest BCUT2D eigenvalue weighted by atomic mass is 16.9. The Bertz CT molecular complexity index is 916. The summed E-state index contributed by atoms with van der Waals surface area (Å²) in [5, 5.41) is 0.815. The molecule has 30 heavy (non-hydrogen) atoms. The van der Waals surface area contributed by atoms with Gasteiger partial charge in [-0.1, -0.05) is 18.2 Å². The van der Waals surface area contributed by atoms with Crippen molar-refractivity contribution in [1.82, 2.24) is 0 Å². The van der Waals surface area contributed by atoms with E-state index in [-0.39, 0.29) is 5.95 Å². The van der Waals surface area contributed by atoms with E-state index in [4.69, 9.17) is 37.6 Å². The van der Waals surface area contributed by atoms with Crippen LogP contribution >= 0.6 is 0 Å². The van der Waals surface area contributed by atoms with E-state index in [1.165, 1.54) is 0 Å². The lowest BCUT2D eigenvalue weighted by Gasteiger charge is -2.28. The minimum Gasteiger partial charge on any atom is -0.425 e. The van der Waals surface area contributed by atoms with Crippen LogP contribution in [0.3, 0.4) is 0 Å². The molecule has 2 aromatic rings. The molecule has 9 nitrogen and oxygen atoms in total. The Kier molecular flexibility index (Phi) is 4.57. The third kappa shape index (κ3) is 3.67. The molecule has 4 heterocycles. The van der Waals surface area contributed by atoms with Crippen LogP contribution in [0.15, 0.2) is 34.7 Å². The van der Waals surface area contributed by atoms with E-state index in [9.17, 15) is 4.79 Å². The molecule has 0 bridgehead atoms. The number of carbonyl (C=O) groups is 1. The van der Waals surface area contributed by atoms with Crippen molar-refractivity contribution in [2.45, 2.75) is 70.0 Å². The predicted octanol–water partition coefficient (Wildman–Crippen LogP) is 3.34. The number of hydrogen-bond donors (Lipinski definition) is 0. The number of hydrogen-bond acceptors (Lipinski definition) is 9. The number of para-hydroxylation sites is 1. The van der Waals surface area contributed by atoms with E-state index in [0.717, 1.165) is 5.39 Å². The Hall–Kier alpha value is -2.17. The molecule has 1 aromatic carbocycles. The van der Waals surface area contributed by atoms with Gasteiger partial charge in [-0.15, -0.1) is 0 Å². The summed E-state index contributed by atoms with van der Waals surface area (Å²) in [6, 6.07) is 8.96. The molecule has 5 atom stereocenters. The second kappa shape index (κ2) is 6.93. The van der Waals surface area contributed by atoms with E-state index >= 15 is 0 Å². The SMILES string of the molecule is CC1(C)O[C@H]2O[C@H]([C@H]3COC(C)(C)O3)[C@H](OC(=O)Oc3cc4ccccc4o3)[C@H]2O1. The highest BCUT2D eigenvalue weighted by Crippen LogP contribution is 2.42. The van der Waals surface area contributed by atoms with E-state index in [0.29, 0.717) is 12.2 Å². The highest BCUT2D eigenvalue weighted by Gasteiger charge is 2.60. The first-order valence-electron chi connectivity index (χ1n) is 9.89. The molecule has 0 amide bonds. The second-order valence-corrected chi connectivity index (χ2v) is 8.47. The Morgan fingerprint density at radius 3 is 2.57 bits per heavy atom. The van der Waals surface area contributed by atoms with Crippen LogP contribution in [0.2, 0.25) is 0 Å². The molecule has 3 saturated heterocycles. The summed E-state index contributed by atoms with van der Waals surface area (Å²) in [4.78, 5) is 12.6. The van der Waals surface area contributed by atoms with Crippen LogP contribution in [0.25, 0.3) is 11.0 Å². The van der Waals surface area contributed by atoms with Crippen molar-refractivity contribution in [2.75, 3.05) is 6.61 Å². The molecule has 0 saturated carbocycles. The Labute approximate surface area is 173 Å². The van der Waals surface area contributed by atoms with E-state index in [1.807, 2.05) is 32.0 Å². The fourth-order valence-electron chi connectivity index (χ4n) is 4.04. The average Bonchev–Trinajstić information content (AvgIpc) is 3.37. The van der Waals surface area contributed by atoms with Crippen LogP contribution < -0.4 is 4.74 Å². The van der Waals surface area contributed by atoms with Crippen LogP contribution in [-0.2, 0) is 28.4 Å². The van der Waals surface area contributed by atoms with Gasteiger partial charge < -0.3 is 37.6 Å². The lowest BCUT2D eigenvalue weighted by molar-refractivity contribution is -0.232. The number of carbonyl (C=O) groups excluding carboxylic acids is 1. The minimum absolute atomic E-state index is 0.0405. The van der Waals surface area contributed by atoms with E-state index in [1.54, 1.807) is 26.0 Å². The molecule has 0 radical (unpaired) electrons. The zero-order valence-corrected chi connectivity index (χ0v) is 17.2. The summed E-state index contributed by atoms with van der Waals surface area (Å²) >= 11 is 0. The van der Waals surface area contributed by atoms with Crippen molar-refractivity contribution in [1.29, 1.82) is 0 Å². The van der Waals surface area contributed by atoms with Gasteiger partial charge in [0.05, 0.1) is 6.61 Å². The van der Waals surface area contributed by atoms with Crippen molar-refractivity contribution in [2.24, 2.45) is 0 Å². The monoisotopic (exact) mass is 420 g/mol. The van der Waals surface area contributed by atoms with Crippen molar-refractivity contribution in [3.8, 4) is 5.95 Å². The predicted molar refractivity (Wildman–Crippen MR) is 101 cm³/mol. The normalized spacial score (nSPS) is 34.2. The molecule has 3 fully saturated rings. The quantitative estimate of drug-likeness (QED) is 0.693. The molecule has 1 aromatic heterocycles. The van der Waals surface area contributed by atoms with Gasteiger partial charge in [0.15, 0.2) is 30.1 Å². The van der Waals surface area contributed by atoms with Gasteiger partial charge in [-0.25, -0.2) is 4.79 Å². The molecule has 0 unspecified atom stereocenters.